The van der Waals surface area contributed by atoms with E-state index in [4.69, 9.17) is 0 Å². The first-order valence-corrected chi connectivity index (χ1v) is 11.5. The molecule has 0 bridgehead atoms. The van der Waals surface area contributed by atoms with Gasteiger partial charge in [0.1, 0.15) is 18.1 Å². The van der Waals surface area contributed by atoms with Crippen LogP contribution < -0.4 is 20.9 Å². The molecule has 0 spiro atoms. The number of hydrogen-bond acceptors (Lipinski definition) is 4. The lowest BCUT2D eigenvalue weighted by molar-refractivity contribution is -0.142. The van der Waals surface area contributed by atoms with Gasteiger partial charge in [-0.25, -0.2) is 9.59 Å². The fourth-order valence-electron chi connectivity index (χ4n) is 3.96. The largest absolute Gasteiger partial charge is 0.480 e. The highest BCUT2D eigenvalue weighted by molar-refractivity contribution is 6.12. The Morgan fingerprint density at radius 2 is 1.73 bits per heavy atom. The molecule has 0 saturated heterocycles. The normalized spacial score (nSPS) is 18.2. The van der Waals surface area contributed by atoms with Crippen LogP contribution in [0.15, 0.2) is 24.3 Å². The van der Waals surface area contributed by atoms with Gasteiger partial charge in [0.2, 0.25) is 11.8 Å². The van der Waals surface area contributed by atoms with Gasteiger partial charge in [0.05, 0.1) is 11.4 Å². The first-order valence-electron chi connectivity index (χ1n) is 11.5. The van der Waals surface area contributed by atoms with Crippen LogP contribution in [0.3, 0.4) is 0 Å². The van der Waals surface area contributed by atoms with Gasteiger partial charge in [0.25, 0.3) is 0 Å². The van der Waals surface area contributed by atoms with Crippen LogP contribution in [0.5, 0.6) is 0 Å². The van der Waals surface area contributed by atoms with Gasteiger partial charge in [-0.2, -0.15) is 0 Å². The number of nitrogens with zero attached hydrogens (tertiary/aromatic N) is 1. The molecule has 0 radical (unpaired) electrons. The first kappa shape index (κ1) is 26.2. The molecule has 33 heavy (non-hydrogen) atoms. The Balaban J connectivity index is 2.34. The van der Waals surface area contributed by atoms with E-state index in [9.17, 15) is 24.3 Å². The fraction of sp³-hybridized carbons (Fsp3) is 0.583. The molecule has 1 aromatic carbocycles. The van der Waals surface area contributed by atoms with Crippen LogP contribution in [0.2, 0.25) is 0 Å². The van der Waals surface area contributed by atoms with Crippen molar-refractivity contribution in [1.82, 2.24) is 10.6 Å². The van der Waals surface area contributed by atoms with E-state index >= 15 is 0 Å². The molecule has 1 aliphatic heterocycles. The van der Waals surface area contributed by atoms with Gasteiger partial charge in [-0.05, 0) is 36.3 Å². The molecule has 0 saturated carbocycles. The number of rotatable bonds is 9. The summed E-state index contributed by atoms with van der Waals surface area (Å²) in [6.45, 7) is 11.2. The fourth-order valence-corrected chi connectivity index (χ4v) is 3.96. The Morgan fingerprint density at radius 1 is 1.09 bits per heavy atom. The van der Waals surface area contributed by atoms with Crippen LogP contribution in [0.25, 0.3) is 0 Å². The van der Waals surface area contributed by atoms with Crippen LogP contribution in [0.4, 0.5) is 16.2 Å². The minimum absolute atomic E-state index is 0.0678. The molecule has 4 N–H and O–H groups in total. The molecular weight excluding hydrogens is 424 g/mol. The van der Waals surface area contributed by atoms with Crippen molar-refractivity contribution in [3.05, 3.63) is 24.3 Å². The molecule has 2 rings (SSSR count). The van der Waals surface area contributed by atoms with Gasteiger partial charge >= 0.3 is 12.0 Å². The molecule has 0 aromatic heterocycles. The van der Waals surface area contributed by atoms with Crippen LogP contribution in [-0.2, 0) is 14.4 Å². The number of carbonyl (C=O) groups excluding carboxylic acids is 3. The number of carbonyl (C=O) groups is 4. The molecule has 9 heteroatoms. The number of hydrogen-bond donors (Lipinski definition) is 4. The molecule has 1 heterocycles. The van der Waals surface area contributed by atoms with Crippen molar-refractivity contribution in [2.75, 3.05) is 10.2 Å². The molecule has 1 aromatic rings. The molecule has 0 aliphatic carbocycles. The van der Waals surface area contributed by atoms with Crippen molar-refractivity contribution in [3.63, 3.8) is 0 Å². The predicted octanol–water partition coefficient (Wildman–Crippen LogP) is 3.21. The number of aliphatic carboxylic acids is 1. The lowest BCUT2D eigenvalue weighted by Gasteiger charge is -2.39. The average Bonchev–Trinajstić information content (AvgIpc) is 2.74. The highest BCUT2D eigenvalue weighted by Crippen LogP contribution is 2.34. The molecule has 9 nitrogen and oxygen atoms in total. The van der Waals surface area contributed by atoms with E-state index in [1.165, 1.54) is 4.90 Å². The second-order valence-corrected chi connectivity index (χ2v) is 9.41. The molecule has 1 aliphatic rings. The van der Waals surface area contributed by atoms with E-state index < -0.39 is 36.0 Å². The number of fused-ring (bicyclic) bond motifs is 1. The van der Waals surface area contributed by atoms with Gasteiger partial charge < -0.3 is 21.1 Å². The van der Waals surface area contributed by atoms with Gasteiger partial charge in [0.15, 0.2) is 0 Å². The minimum Gasteiger partial charge on any atom is -0.480 e. The number of para-hydroxylation sites is 2. The summed E-state index contributed by atoms with van der Waals surface area (Å²) in [4.78, 5) is 52.4. The highest BCUT2D eigenvalue weighted by atomic mass is 16.4. The minimum atomic E-state index is -1.12. The molecule has 182 valence electrons. The number of carboxylic acid groups (broad SMARTS) is 1. The van der Waals surface area contributed by atoms with Crippen molar-refractivity contribution >= 4 is 35.2 Å². The van der Waals surface area contributed by atoms with Crippen molar-refractivity contribution in [1.29, 1.82) is 0 Å². The molecule has 0 fully saturated rings. The highest BCUT2D eigenvalue weighted by Gasteiger charge is 2.40. The van der Waals surface area contributed by atoms with Gasteiger partial charge in [0, 0.05) is 0 Å². The maximum Gasteiger partial charge on any atom is 0.326 e. The Labute approximate surface area is 195 Å². The van der Waals surface area contributed by atoms with E-state index in [1.54, 1.807) is 24.3 Å². The zero-order valence-corrected chi connectivity index (χ0v) is 20.2. The third-order valence-electron chi connectivity index (χ3n) is 5.91. The topological polar surface area (TPSA) is 128 Å². The summed E-state index contributed by atoms with van der Waals surface area (Å²) in [5.74, 6) is -2.34. The van der Waals surface area contributed by atoms with E-state index in [0.717, 1.165) is 0 Å². The Bertz CT molecular complexity index is 885. The Hall–Kier alpha value is -3.10. The van der Waals surface area contributed by atoms with Gasteiger partial charge in [-0.1, -0.05) is 60.1 Å². The van der Waals surface area contributed by atoms with Crippen molar-refractivity contribution in [2.45, 2.75) is 72.5 Å². The number of anilines is 2. The van der Waals surface area contributed by atoms with E-state index in [0.29, 0.717) is 17.8 Å². The quantitative estimate of drug-likeness (QED) is 0.450. The Morgan fingerprint density at radius 3 is 2.27 bits per heavy atom. The summed E-state index contributed by atoms with van der Waals surface area (Å²) >= 11 is 0. The van der Waals surface area contributed by atoms with E-state index in [1.807, 2.05) is 41.5 Å². The summed E-state index contributed by atoms with van der Waals surface area (Å²) in [6, 6.07) is 3.65. The second kappa shape index (κ2) is 11.2. The number of benzene rings is 1. The number of amides is 4. The molecular formula is C24H36N4O5. The third-order valence-corrected chi connectivity index (χ3v) is 5.91. The van der Waals surface area contributed by atoms with Crippen LogP contribution in [-0.4, -0.2) is 47.0 Å². The summed E-state index contributed by atoms with van der Waals surface area (Å²) in [6.07, 6.45) is 0.863. The molecule has 4 amide bonds. The standard InChI is InChI=1S/C24H36N4O5/c1-7-15(6)19(21(29)26-17(23(31)32)12-13(2)3)27-24(33)28-18-11-9-8-10-16(18)25-22(30)20(28)14(4)5/h8-11,13-15,17,19-20H,7,12H2,1-6H3,(H,25,30)(H,26,29)(H,27,33)(H,31,32)/t15?,17-,19-,20-/m0/s1. The van der Waals surface area contributed by atoms with Crippen molar-refractivity contribution in [3.8, 4) is 0 Å². The van der Waals surface area contributed by atoms with Crippen molar-refractivity contribution < 1.29 is 24.3 Å². The smallest absolute Gasteiger partial charge is 0.326 e. The van der Waals surface area contributed by atoms with E-state index in [-0.39, 0.29) is 30.1 Å². The SMILES string of the molecule is CCC(C)[C@H](NC(=O)N1c2ccccc2NC(=O)[C@@H]1C(C)C)C(=O)N[C@@H](CC(C)C)C(=O)O. The average molecular weight is 461 g/mol. The summed E-state index contributed by atoms with van der Waals surface area (Å²) in [7, 11) is 0. The second-order valence-electron chi connectivity index (χ2n) is 9.41. The molecule has 1 unspecified atom stereocenters. The Kier molecular flexibility index (Phi) is 8.84. The zero-order valence-electron chi connectivity index (χ0n) is 20.2. The number of nitrogens with one attached hydrogen (secondary N) is 3. The summed E-state index contributed by atoms with van der Waals surface area (Å²) in [5.41, 5.74) is 1.06. The van der Waals surface area contributed by atoms with Crippen LogP contribution in [0, 0.1) is 17.8 Å². The third kappa shape index (κ3) is 6.24. The zero-order chi connectivity index (χ0) is 24.9. The van der Waals surface area contributed by atoms with Crippen molar-refractivity contribution in [2.24, 2.45) is 17.8 Å². The maximum absolute atomic E-state index is 13.5. The van der Waals surface area contributed by atoms with Crippen LogP contribution in [0.1, 0.15) is 54.4 Å². The summed E-state index contributed by atoms with van der Waals surface area (Å²) < 4.78 is 0. The monoisotopic (exact) mass is 460 g/mol. The van der Waals surface area contributed by atoms with Gasteiger partial charge in [-0.15, -0.1) is 0 Å². The van der Waals surface area contributed by atoms with Crippen LogP contribution >= 0.6 is 0 Å². The first-order chi connectivity index (χ1) is 15.5. The number of urea groups is 1. The maximum atomic E-state index is 13.5. The molecule has 4 atom stereocenters. The summed E-state index contributed by atoms with van der Waals surface area (Å²) in [5, 5.41) is 17.7. The van der Waals surface area contributed by atoms with E-state index in [2.05, 4.69) is 16.0 Å². The lowest BCUT2D eigenvalue weighted by atomic mass is 9.96. The number of carboxylic acids is 1. The van der Waals surface area contributed by atoms with Gasteiger partial charge in [-0.3, -0.25) is 14.5 Å². The predicted molar refractivity (Wildman–Crippen MR) is 127 cm³/mol. The lowest BCUT2D eigenvalue weighted by Crippen LogP contribution is -2.61.